The molecule has 0 unspecified atom stereocenters. The van der Waals surface area contributed by atoms with Gasteiger partial charge in [0.15, 0.2) is 6.61 Å². The number of phenols is 1. The lowest BCUT2D eigenvalue weighted by Crippen LogP contribution is -2.28. The molecule has 2 aromatic carbocycles. The van der Waals surface area contributed by atoms with Crippen molar-refractivity contribution in [3.05, 3.63) is 53.1 Å². The second kappa shape index (κ2) is 8.19. The smallest absolute Gasteiger partial charge is 0.259 e. The van der Waals surface area contributed by atoms with Gasteiger partial charge in [0.1, 0.15) is 11.5 Å². The Kier molecular flexibility index (Phi) is 6.00. The van der Waals surface area contributed by atoms with E-state index in [2.05, 4.69) is 10.6 Å². The molecular weight excluding hydrogens is 320 g/mol. The van der Waals surface area contributed by atoms with E-state index in [0.717, 1.165) is 5.56 Å². The average molecular weight is 342 g/mol. The molecule has 2 amide bonds. The molecule has 0 aliphatic rings. The minimum absolute atomic E-state index is 0.0145. The maximum Gasteiger partial charge on any atom is 0.259 e. The maximum absolute atomic E-state index is 12.3. The number of hydrogen-bond donors (Lipinski definition) is 3. The fourth-order valence-corrected chi connectivity index (χ4v) is 2.21. The van der Waals surface area contributed by atoms with Gasteiger partial charge in [0.05, 0.1) is 5.56 Å². The molecule has 0 saturated carbocycles. The summed E-state index contributed by atoms with van der Waals surface area (Å²) in [6, 6.07) is 10.1. The van der Waals surface area contributed by atoms with Gasteiger partial charge in [0.25, 0.3) is 11.8 Å². The molecule has 0 aliphatic heterocycles. The first-order valence-corrected chi connectivity index (χ1v) is 8.02. The van der Waals surface area contributed by atoms with Crippen LogP contribution in [0.2, 0.25) is 0 Å². The van der Waals surface area contributed by atoms with Gasteiger partial charge in [-0.3, -0.25) is 9.59 Å². The summed E-state index contributed by atoms with van der Waals surface area (Å²) in [4.78, 5) is 23.7. The van der Waals surface area contributed by atoms with Crippen LogP contribution in [0.15, 0.2) is 36.4 Å². The van der Waals surface area contributed by atoms with Gasteiger partial charge in [0.2, 0.25) is 0 Å². The molecule has 0 aliphatic carbocycles. The van der Waals surface area contributed by atoms with E-state index >= 15 is 0 Å². The van der Waals surface area contributed by atoms with Crippen LogP contribution in [0.25, 0.3) is 0 Å². The van der Waals surface area contributed by atoms with Crippen molar-refractivity contribution in [1.82, 2.24) is 5.32 Å². The van der Waals surface area contributed by atoms with Crippen molar-refractivity contribution >= 4 is 17.5 Å². The predicted octanol–water partition coefficient (Wildman–Crippen LogP) is 2.78. The van der Waals surface area contributed by atoms with Crippen LogP contribution < -0.4 is 15.4 Å². The number of amides is 2. The van der Waals surface area contributed by atoms with Gasteiger partial charge in [-0.2, -0.15) is 0 Å². The van der Waals surface area contributed by atoms with Gasteiger partial charge >= 0.3 is 0 Å². The SMILES string of the molecule is CCNC(=O)COc1ccc(NC(=O)c2ccc(C)c(C)c2O)cc1. The molecule has 132 valence electrons. The number of carbonyl (C=O) groups excluding carboxylic acids is 2. The highest BCUT2D eigenvalue weighted by Gasteiger charge is 2.14. The van der Waals surface area contributed by atoms with Gasteiger partial charge < -0.3 is 20.5 Å². The van der Waals surface area contributed by atoms with Crippen molar-refractivity contribution in [1.29, 1.82) is 0 Å². The summed E-state index contributed by atoms with van der Waals surface area (Å²) in [6.45, 7) is 5.97. The summed E-state index contributed by atoms with van der Waals surface area (Å²) in [5.74, 6) is -0.0700. The van der Waals surface area contributed by atoms with Gasteiger partial charge in [0, 0.05) is 12.2 Å². The van der Waals surface area contributed by atoms with Crippen LogP contribution in [0.1, 0.15) is 28.4 Å². The number of anilines is 1. The van der Waals surface area contributed by atoms with Crippen LogP contribution in [-0.2, 0) is 4.79 Å². The molecule has 0 radical (unpaired) electrons. The monoisotopic (exact) mass is 342 g/mol. The molecular formula is C19H22N2O4. The van der Waals surface area contributed by atoms with Crippen LogP contribution in [0.4, 0.5) is 5.69 Å². The summed E-state index contributed by atoms with van der Waals surface area (Å²) in [6.07, 6.45) is 0. The van der Waals surface area contributed by atoms with E-state index in [9.17, 15) is 14.7 Å². The maximum atomic E-state index is 12.3. The molecule has 0 atom stereocenters. The quantitative estimate of drug-likeness (QED) is 0.753. The normalized spacial score (nSPS) is 10.2. The molecule has 0 bridgehead atoms. The molecule has 0 heterocycles. The molecule has 0 fully saturated rings. The van der Waals surface area contributed by atoms with E-state index in [-0.39, 0.29) is 23.8 Å². The first-order chi connectivity index (χ1) is 11.9. The van der Waals surface area contributed by atoms with Crippen LogP contribution in [0.3, 0.4) is 0 Å². The molecule has 2 aromatic rings. The van der Waals surface area contributed by atoms with E-state index in [1.807, 2.05) is 13.8 Å². The number of carbonyl (C=O) groups is 2. The number of rotatable bonds is 6. The van der Waals surface area contributed by atoms with Crippen molar-refractivity contribution in [3.63, 3.8) is 0 Å². The first-order valence-electron chi connectivity index (χ1n) is 8.02. The Morgan fingerprint density at radius 3 is 2.40 bits per heavy atom. The Morgan fingerprint density at radius 2 is 1.76 bits per heavy atom. The third-order valence-corrected chi connectivity index (χ3v) is 3.80. The summed E-state index contributed by atoms with van der Waals surface area (Å²) in [5, 5.41) is 15.5. The minimum atomic E-state index is -0.392. The van der Waals surface area contributed by atoms with E-state index < -0.39 is 5.91 Å². The molecule has 6 heteroatoms. The topological polar surface area (TPSA) is 87.7 Å². The summed E-state index contributed by atoms with van der Waals surface area (Å²) in [5.41, 5.74) is 2.39. The Labute approximate surface area is 146 Å². The lowest BCUT2D eigenvalue weighted by Gasteiger charge is -2.11. The van der Waals surface area contributed by atoms with Crippen LogP contribution in [0.5, 0.6) is 11.5 Å². The Balaban J connectivity index is 2.00. The number of aryl methyl sites for hydroxylation is 1. The number of likely N-dealkylation sites (N-methyl/N-ethyl adjacent to an activating group) is 1. The van der Waals surface area contributed by atoms with Gasteiger partial charge in [-0.05, 0) is 62.2 Å². The fourth-order valence-electron chi connectivity index (χ4n) is 2.21. The van der Waals surface area contributed by atoms with Crippen LogP contribution in [0, 0.1) is 13.8 Å². The fraction of sp³-hybridized carbons (Fsp3) is 0.263. The summed E-state index contributed by atoms with van der Waals surface area (Å²) >= 11 is 0. The number of ether oxygens (including phenoxy) is 1. The van der Waals surface area contributed by atoms with E-state index in [1.165, 1.54) is 0 Å². The summed E-state index contributed by atoms with van der Waals surface area (Å²) in [7, 11) is 0. The predicted molar refractivity (Wildman–Crippen MR) is 96.2 cm³/mol. The van der Waals surface area contributed by atoms with Crippen LogP contribution >= 0.6 is 0 Å². The van der Waals surface area contributed by atoms with Crippen molar-refractivity contribution in [3.8, 4) is 11.5 Å². The summed E-state index contributed by atoms with van der Waals surface area (Å²) < 4.78 is 5.35. The largest absolute Gasteiger partial charge is 0.507 e. The number of aromatic hydroxyl groups is 1. The van der Waals surface area contributed by atoms with Gasteiger partial charge in [-0.25, -0.2) is 0 Å². The molecule has 2 rings (SSSR count). The molecule has 6 nitrogen and oxygen atoms in total. The van der Waals surface area contributed by atoms with Crippen LogP contribution in [-0.4, -0.2) is 30.1 Å². The van der Waals surface area contributed by atoms with Crippen molar-refractivity contribution in [2.45, 2.75) is 20.8 Å². The van der Waals surface area contributed by atoms with Gasteiger partial charge in [-0.15, -0.1) is 0 Å². The second-order valence-corrected chi connectivity index (χ2v) is 5.62. The Hall–Kier alpha value is -3.02. The number of hydrogen-bond acceptors (Lipinski definition) is 4. The lowest BCUT2D eigenvalue weighted by atomic mass is 10.0. The minimum Gasteiger partial charge on any atom is -0.507 e. The highest BCUT2D eigenvalue weighted by molar-refractivity contribution is 6.06. The van der Waals surface area contributed by atoms with E-state index in [0.29, 0.717) is 23.5 Å². The van der Waals surface area contributed by atoms with Gasteiger partial charge in [-0.1, -0.05) is 6.07 Å². The number of benzene rings is 2. The number of nitrogens with one attached hydrogen (secondary N) is 2. The molecule has 25 heavy (non-hydrogen) atoms. The average Bonchev–Trinajstić information content (AvgIpc) is 2.59. The highest BCUT2D eigenvalue weighted by Crippen LogP contribution is 2.26. The zero-order valence-corrected chi connectivity index (χ0v) is 14.6. The Morgan fingerprint density at radius 1 is 1.08 bits per heavy atom. The standard InChI is InChI=1S/C19H22N2O4/c1-4-20-17(22)11-25-15-8-6-14(7-9-15)21-19(24)16-10-5-12(2)13(3)18(16)23/h5-10,23H,4,11H2,1-3H3,(H,20,22)(H,21,24). The third kappa shape index (κ3) is 4.73. The molecule has 0 saturated heterocycles. The van der Waals surface area contributed by atoms with E-state index in [4.69, 9.17) is 4.74 Å². The molecule has 0 aromatic heterocycles. The van der Waals surface area contributed by atoms with Crippen molar-refractivity contribution < 1.29 is 19.4 Å². The third-order valence-electron chi connectivity index (χ3n) is 3.80. The first kappa shape index (κ1) is 18.3. The molecule has 0 spiro atoms. The van der Waals surface area contributed by atoms with Crippen molar-refractivity contribution in [2.75, 3.05) is 18.5 Å². The zero-order valence-electron chi connectivity index (χ0n) is 14.6. The highest BCUT2D eigenvalue weighted by atomic mass is 16.5. The molecule has 3 N–H and O–H groups in total. The van der Waals surface area contributed by atoms with E-state index in [1.54, 1.807) is 43.3 Å². The Bertz CT molecular complexity index is 770. The zero-order chi connectivity index (χ0) is 18.4. The second-order valence-electron chi connectivity index (χ2n) is 5.62. The lowest BCUT2D eigenvalue weighted by molar-refractivity contribution is -0.122. The number of phenolic OH excluding ortho intramolecular Hbond substituents is 1. The van der Waals surface area contributed by atoms with Crippen molar-refractivity contribution in [2.24, 2.45) is 0 Å².